The van der Waals surface area contributed by atoms with Gasteiger partial charge in [-0.25, -0.2) is 0 Å². The average Bonchev–Trinajstić information content (AvgIpc) is 2.32. The third-order valence-corrected chi connectivity index (χ3v) is 2.82. The van der Waals surface area contributed by atoms with Gasteiger partial charge in [0.05, 0.1) is 31.2 Å². The lowest BCUT2D eigenvalue weighted by Gasteiger charge is -2.12. The molecule has 11 heteroatoms. The van der Waals surface area contributed by atoms with E-state index in [1.165, 1.54) is 0 Å². The van der Waals surface area contributed by atoms with Crippen molar-refractivity contribution in [1.82, 2.24) is 9.55 Å². The van der Waals surface area contributed by atoms with Crippen molar-refractivity contribution in [2.24, 2.45) is 0 Å². The van der Waals surface area contributed by atoms with Crippen LogP contribution in [-0.2, 0) is 22.3 Å². The minimum atomic E-state index is -4.26. The van der Waals surface area contributed by atoms with Gasteiger partial charge in [-0.05, 0) is 0 Å². The third kappa shape index (κ3) is 4.32. The Morgan fingerprint density at radius 1 is 1.45 bits per heavy atom. The van der Waals surface area contributed by atoms with Crippen LogP contribution in [0.5, 0.6) is 0 Å². The molecule has 0 radical (unpaired) electrons. The molecule has 0 saturated carbocycles. The fraction of sp³-hybridized carbons (Fsp3) is 0.444. The van der Waals surface area contributed by atoms with E-state index < -0.39 is 19.5 Å². The van der Waals surface area contributed by atoms with Crippen LogP contribution in [0.2, 0.25) is 0 Å². The summed E-state index contributed by atoms with van der Waals surface area (Å²) in [6, 6.07) is 1.79. The topological polar surface area (TPSA) is 177 Å². The molecule has 1 rings (SSSR count). The molecule has 0 aliphatic carbocycles. The fourth-order valence-electron chi connectivity index (χ4n) is 1.43. The summed E-state index contributed by atoms with van der Waals surface area (Å²) in [6.45, 7) is -0.205. The highest BCUT2D eigenvalue weighted by molar-refractivity contribution is 7.51. The van der Waals surface area contributed by atoms with Crippen molar-refractivity contribution in [2.45, 2.75) is 13.0 Å². The van der Waals surface area contributed by atoms with E-state index in [4.69, 9.17) is 31.3 Å². The van der Waals surface area contributed by atoms with Crippen molar-refractivity contribution in [2.75, 3.05) is 24.4 Å². The molecule has 0 spiro atoms. The first-order valence-electron chi connectivity index (χ1n) is 5.40. The second-order valence-electron chi connectivity index (χ2n) is 3.83. The zero-order chi connectivity index (χ0) is 15.3. The second kappa shape index (κ2) is 6.49. The zero-order valence-corrected chi connectivity index (χ0v) is 11.3. The molecule has 1 aromatic heterocycles. The van der Waals surface area contributed by atoms with E-state index in [1.54, 1.807) is 6.07 Å². The number of hydrogen-bond donors (Lipinski definition) is 4. The minimum Gasteiger partial charge on any atom is -0.383 e. The molecule has 6 N–H and O–H groups in total. The first kappa shape index (κ1) is 16.1. The van der Waals surface area contributed by atoms with Gasteiger partial charge in [-0.1, -0.05) is 0 Å². The lowest BCUT2D eigenvalue weighted by molar-refractivity contribution is 0.148. The van der Waals surface area contributed by atoms with Crippen LogP contribution >= 0.6 is 7.60 Å². The van der Waals surface area contributed by atoms with Crippen LogP contribution in [-0.4, -0.2) is 32.3 Å². The molecule has 0 saturated heterocycles. The first-order valence-corrected chi connectivity index (χ1v) is 7.20. The van der Waals surface area contributed by atoms with Gasteiger partial charge in [0.25, 0.3) is 5.56 Å². The third-order valence-electron chi connectivity index (χ3n) is 2.30. The summed E-state index contributed by atoms with van der Waals surface area (Å²) in [4.78, 5) is 32.9. The van der Waals surface area contributed by atoms with Gasteiger partial charge in [0.2, 0.25) is 5.95 Å². The van der Waals surface area contributed by atoms with Gasteiger partial charge in [-0.3, -0.25) is 13.9 Å². The van der Waals surface area contributed by atoms with Crippen LogP contribution in [0.15, 0.2) is 4.79 Å². The van der Waals surface area contributed by atoms with Crippen molar-refractivity contribution in [1.29, 1.82) is 5.26 Å². The summed E-state index contributed by atoms with van der Waals surface area (Å²) in [5.41, 5.74) is 10.5. The average molecular weight is 303 g/mol. The van der Waals surface area contributed by atoms with Crippen molar-refractivity contribution >= 4 is 19.4 Å². The Hall–Kier alpha value is -1.92. The summed E-state index contributed by atoms with van der Waals surface area (Å²) < 4.78 is 16.3. The van der Waals surface area contributed by atoms with E-state index >= 15 is 0 Å². The maximum atomic E-state index is 12.0. The Kier molecular flexibility index (Phi) is 5.24. The number of ether oxygens (including phenoxy) is 1. The largest absolute Gasteiger partial charge is 0.383 e. The smallest absolute Gasteiger partial charge is 0.350 e. The summed E-state index contributed by atoms with van der Waals surface area (Å²) in [5.74, 6) is -0.268. The highest BCUT2D eigenvalue weighted by atomic mass is 31.2. The van der Waals surface area contributed by atoms with Gasteiger partial charge < -0.3 is 26.0 Å². The Bertz CT molecular complexity index is 631. The van der Waals surface area contributed by atoms with Crippen molar-refractivity contribution in [3.05, 3.63) is 15.9 Å². The van der Waals surface area contributed by atoms with Crippen molar-refractivity contribution < 1.29 is 19.1 Å². The van der Waals surface area contributed by atoms with Crippen LogP contribution < -0.4 is 17.0 Å². The Morgan fingerprint density at radius 3 is 2.65 bits per heavy atom. The maximum absolute atomic E-state index is 12.0. The van der Waals surface area contributed by atoms with Gasteiger partial charge in [0, 0.05) is 0 Å². The Labute approximate surface area is 113 Å². The van der Waals surface area contributed by atoms with E-state index in [9.17, 15) is 9.36 Å². The molecule has 110 valence electrons. The number of anilines is 2. The highest BCUT2D eigenvalue weighted by Gasteiger charge is 2.15. The van der Waals surface area contributed by atoms with Gasteiger partial charge in [0.1, 0.15) is 12.2 Å². The number of aromatic nitrogens is 2. The molecule has 0 aromatic carbocycles. The minimum absolute atomic E-state index is 0.0247. The molecule has 10 nitrogen and oxygen atoms in total. The molecule has 20 heavy (non-hydrogen) atoms. The molecule has 0 bridgehead atoms. The number of nitrogen functional groups attached to an aromatic ring is 2. The number of hydrogen-bond acceptors (Lipinski definition) is 7. The van der Waals surface area contributed by atoms with Gasteiger partial charge in [0.15, 0.2) is 0 Å². The number of nitrogens with zero attached hydrogens (tertiary/aromatic N) is 3. The Balaban J connectivity index is 2.86. The fourth-order valence-corrected chi connectivity index (χ4v) is 1.80. The predicted octanol–water partition coefficient (Wildman–Crippen LogP) is -1.37. The standard InChI is InChI=1S/C9H14N5O5P/c10-2-1-6-7(11)13-9(12)14(8(6)15)3-4-19-5-20(16,17)18/h1,3-5,11H2,(H2,12,13)(H2,16,17,18). The second-order valence-corrected chi connectivity index (χ2v) is 5.42. The molecule has 0 unspecified atom stereocenters. The molecular weight excluding hydrogens is 289 g/mol. The van der Waals surface area contributed by atoms with Crippen LogP contribution in [0.4, 0.5) is 11.8 Å². The number of rotatable bonds is 6. The number of nitrogens with two attached hydrogens (primary N) is 2. The molecular formula is C9H14N5O5P. The van der Waals surface area contributed by atoms with E-state index in [0.717, 1.165) is 4.57 Å². The lowest BCUT2D eigenvalue weighted by Crippen LogP contribution is -2.30. The molecule has 1 heterocycles. The highest BCUT2D eigenvalue weighted by Crippen LogP contribution is 2.33. The summed E-state index contributed by atoms with van der Waals surface area (Å²) in [5, 5.41) is 8.61. The Morgan fingerprint density at radius 2 is 2.10 bits per heavy atom. The molecule has 1 aromatic rings. The van der Waals surface area contributed by atoms with Gasteiger partial charge in [-0.2, -0.15) is 10.2 Å². The monoisotopic (exact) mass is 303 g/mol. The maximum Gasteiger partial charge on any atom is 0.350 e. The zero-order valence-electron chi connectivity index (χ0n) is 10.4. The SMILES string of the molecule is N#CCc1c(N)nc(N)n(CCOCP(=O)(O)O)c1=O. The normalized spacial score (nSPS) is 11.2. The molecule has 0 atom stereocenters. The van der Waals surface area contributed by atoms with Gasteiger partial charge in [-0.15, -0.1) is 0 Å². The van der Waals surface area contributed by atoms with E-state index in [2.05, 4.69) is 4.98 Å². The van der Waals surface area contributed by atoms with E-state index in [-0.39, 0.29) is 36.9 Å². The lowest BCUT2D eigenvalue weighted by atomic mass is 10.2. The first-order chi connectivity index (χ1) is 9.26. The van der Waals surface area contributed by atoms with E-state index in [0.29, 0.717) is 0 Å². The van der Waals surface area contributed by atoms with Crippen molar-refractivity contribution in [3.63, 3.8) is 0 Å². The van der Waals surface area contributed by atoms with E-state index in [1.807, 2.05) is 0 Å². The molecule has 0 amide bonds. The van der Waals surface area contributed by atoms with Crippen molar-refractivity contribution in [3.8, 4) is 6.07 Å². The van der Waals surface area contributed by atoms with Gasteiger partial charge >= 0.3 is 7.60 Å². The van der Waals surface area contributed by atoms with Crippen LogP contribution in [0, 0.1) is 11.3 Å². The molecule has 0 aliphatic rings. The molecule has 0 fully saturated rings. The van der Waals surface area contributed by atoms with Crippen LogP contribution in [0.25, 0.3) is 0 Å². The summed E-state index contributed by atoms with van der Waals surface area (Å²) in [6.07, 6.45) is -0.962. The summed E-state index contributed by atoms with van der Waals surface area (Å²) in [7, 11) is -4.26. The summed E-state index contributed by atoms with van der Waals surface area (Å²) >= 11 is 0. The predicted molar refractivity (Wildman–Crippen MR) is 69.5 cm³/mol. The molecule has 0 aliphatic heterocycles. The number of nitriles is 1. The quantitative estimate of drug-likeness (QED) is 0.364. The van der Waals surface area contributed by atoms with Crippen LogP contribution in [0.3, 0.4) is 0 Å². The van der Waals surface area contributed by atoms with Crippen LogP contribution in [0.1, 0.15) is 5.56 Å².